The molecule has 3 aromatic rings. The SMILES string of the molecule is Cc1sc2nc(SCC(=O)N3[C@H](C)CCC[C@@H]3C)n(-c3ccc(F)cc3)c(=O)c2c1C. The summed E-state index contributed by atoms with van der Waals surface area (Å²) < 4.78 is 15.0. The van der Waals surface area contributed by atoms with Crippen LogP contribution in [0.5, 0.6) is 0 Å². The average molecular weight is 460 g/mol. The minimum absolute atomic E-state index is 0.0586. The van der Waals surface area contributed by atoms with Crippen molar-refractivity contribution in [2.24, 2.45) is 0 Å². The number of halogens is 1. The number of thioether (sulfide) groups is 1. The summed E-state index contributed by atoms with van der Waals surface area (Å²) >= 11 is 2.75. The molecule has 0 unspecified atom stereocenters. The van der Waals surface area contributed by atoms with Crippen LogP contribution in [-0.4, -0.2) is 38.2 Å². The molecule has 1 amide bonds. The fourth-order valence-corrected chi connectivity index (χ4v) is 6.26. The van der Waals surface area contributed by atoms with Gasteiger partial charge in [0.15, 0.2) is 5.16 Å². The van der Waals surface area contributed by atoms with Gasteiger partial charge >= 0.3 is 0 Å². The Morgan fingerprint density at radius 3 is 2.48 bits per heavy atom. The van der Waals surface area contributed by atoms with E-state index in [1.54, 1.807) is 12.1 Å². The highest BCUT2D eigenvalue weighted by Gasteiger charge is 2.29. The van der Waals surface area contributed by atoms with Gasteiger partial charge in [-0.3, -0.25) is 14.2 Å². The Kier molecular flexibility index (Phi) is 6.21. The van der Waals surface area contributed by atoms with Gasteiger partial charge in [0.25, 0.3) is 5.56 Å². The van der Waals surface area contributed by atoms with Crippen molar-refractivity contribution < 1.29 is 9.18 Å². The van der Waals surface area contributed by atoms with Crippen molar-refractivity contribution in [1.82, 2.24) is 14.5 Å². The van der Waals surface area contributed by atoms with Crippen molar-refractivity contribution in [3.63, 3.8) is 0 Å². The molecule has 0 radical (unpaired) electrons. The molecule has 164 valence electrons. The van der Waals surface area contributed by atoms with E-state index in [1.807, 2.05) is 18.7 Å². The molecule has 0 saturated carbocycles. The zero-order chi connectivity index (χ0) is 22.3. The van der Waals surface area contributed by atoms with E-state index in [0.29, 0.717) is 21.1 Å². The minimum atomic E-state index is -0.370. The third-order valence-electron chi connectivity index (χ3n) is 6.06. The lowest BCUT2D eigenvalue weighted by atomic mass is 9.98. The number of benzene rings is 1. The van der Waals surface area contributed by atoms with Gasteiger partial charge in [-0.2, -0.15) is 0 Å². The Hall–Kier alpha value is -2.19. The fraction of sp³-hybridized carbons (Fsp3) is 0.435. The molecule has 1 aliphatic rings. The van der Waals surface area contributed by atoms with Crippen LogP contribution in [0.3, 0.4) is 0 Å². The van der Waals surface area contributed by atoms with Crippen LogP contribution in [-0.2, 0) is 4.79 Å². The number of hydrogen-bond acceptors (Lipinski definition) is 5. The lowest BCUT2D eigenvalue weighted by Gasteiger charge is -2.39. The Labute approximate surface area is 189 Å². The van der Waals surface area contributed by atoms with Crippen LogP contribution in [0.25, 0.3) is 15.9 Å². The van der Waals surface area contributed by atoms with Crippen molar-refractivity contribution in [3.05, 3.63) is 50.9 Å². The van der Waals surface area contributed by atoms with Gasteiger partial charge in [0.2, 0.25) is 5.91 Å². The maximum absolute atomic E-state index is 13.5. The third kappa shape index (κ3) is 4.15. The van der Waals surface area contributed by atoms with Crippen molar-refractivity contribution in [1.29, 1.82) is 0 Å². The first kappa shape index (κ1) is 22.0. The van der Waals surface area contributed by atoms with Crippen LogP contribution in [0, 0.1) is 19.7 Å². The first-order chi connectivity index (χ1) is 14.8. The van der Waals surface area contributed by atoms with Crippen LogP contribution in [0.1, 0.15) is 43.6 Å². The van der Waals surface area contributed by atoms with Crippen LogP contribution in [0.2, 0.25) is 0 Å². The molecule has 0 N–H and O–H groups in total. The van der Waals surface area contributed by atoms with Crippen LogP contribution >= 0.6 is 23.1 Å². The highest BCUT2D eigenvalue weighted by Crippen LogP contribution is 2.30. The van der Waals surface area contributed by atoms with Gasteiger partial charge < -0.3 is 4.90 Å². The molecular weight excluding hydrogens is 433 g/mol. The Balaban J connectivity index is 1.74. The van der Waals surface area contributed by atoms with E-state index in [1.165, 1.54) is 39.8 Å². The molecule has 3 heterocycles. The smallest absolute Gasteiger partial charge is 0.267 e. The largest absolute Gasteiger partial charge is 0.337 e. The fourth-order valence-electron chi connectivity index (χ4n) is 4.30. The summed E-state index contributed by atoms with van der Waals surface area (Å²) in [5.41, 5.74) is 1.27. The maximum atomic E-state index is 13.5. The van der Waals surface area contributed by atoms with Crippen molar-refractivity contribution in [2.75, 3.05) is 5.75 Å². The summed E-state index contributed by atoms with van der Waals surface area (Å²) in [5, 5.41) is 1.04. The molecule has 0 spiro atoms. The predicted molar refractivity (Wildman–Crippen MR) is 125 cm³/mol. The Bertz CT molecular complexity index is 1180. The quantitative estimate of drug-likeness (QED) is 0.403. The average Bonchev–Trinajstić information content (AvgIpc) is 3.01. The van der Waals surface area contributed by atoms with E-state index in [-0.39, 0.29) is 35.1 Å². The van der Waals surface area contributed by atoms with Gasteiger partial charge in [0.1, 0.15) is 10.6 Å². The van der Waals surface area contributed by atoms with Gasteiger partial charge in [-0.05, 0) is 76.8 Å². The molecule has 0 aliphatic carbocycles. The monoisotopic (exact) mass is 459 g/mol. The van der Waals surface area contributed by atoms with E-state index in [0.717, 1.165) is 29.7 Å². The van der Waals surface area contributed by atoms with Gasteiger partial charge in [-0.1, -0.05) is 11.8 Å². The summed E-state index contributed by atoms with van der Waals surface area (Å²) in [7, 11) is 0. The zero-order valence-electron chi connectivity index (χ0n) is 18.1. The van der Waals surface area contributed by atoms with E-state index >= 15 is 0 Å². The van der Waals surface area contributed by atoms with E-state index in [4.69, 9.17) is 4.98 Å². The second kappa shape index (κ2) is 8.74. The zero-order valence-corrected chi connectivity index (χ0v) is 19.8. The highest BCUT2D eigenvalue weighted by molar-refractivity contribution is 7.99. The number of nitrogens with zero attached hydrogens (tertiary/aromatic N) is 3. The van der Waals surface area contributed by atoms with Crippen LogP contribution in [0.15, 0.2) is 34.2 Å². The second-order valence-corrected chi connectivity index (χ2v) is 10.3. The van der Waals surface area contributed by atoms with Crippen LogP contribution < -0.4 is 5.56 Å². The number of rotatable bonds is 4. The minimum Gasteiger partial charge on any atom is -0.337 e. The number of aryl methyl sites for hydroxylation is 2. The standard InChI is InChI=1S/C23H26FN3O2S2/c1-13-6-5-7-14(2)26(13)19(28)12-30-23-25-21-20(15(3)16(4)31-21)22(29)27(23)18-10-8-17(24)9-11-18/h8-11,13-14H,5-7,12H2,1-4H3/t13-,14+. The number of fused-ring (bicyclic) bond motifs is 1. The molecule has 1 fully saturated rings. The summed E-state index contributed by atoms with van der Waals surface area (Å²) in [6.07, 6.45) is 3.16. The molecule has 2 atom stereocenters. The number of piperidine rings is 1. The molecule has 5 nitrogen and oxygen atoms in total. The topological polar surface area (TPSA) is 55.2 Å². The summed E-state index contributed by atoms with van der Waals surface area (Å²) in [6, 6.07) is 6.23. The summed E-state index contributed by atoms with van der Waals surface area (Å²) in [5.74, 6) is -0.106. The number of carbonyl (C=O) groups excluding carboxylic acids is 1. The Morgan fingerprint density at radius 2 is 1.84 bits per heavy atom. The lowest BCUT2D eigenvalue weighted by Crippen LogP contribution is -2.48. The summed E-state index contributed by atoms with van der Waals surface area (Å²) in [6.45, 7) is 8.07. The van der Waals surface area contributed by atoms with E-state index in [2.05, 4.69) is 13.8 Å². The molecule has 1 saturated heterocycles. The first-order valence-electron chi connectivity index (χ1n) is 10.5. The molecule has 8 heteroatoms. The van der Waals surface area contributed by atoms with E-state index < -0.39 is 0 Å². The van der Waals surface area contributed by atoms with Gasteiger partial charge in [0.05, 0.1) is 16.8 Å². The summed E-state index contributed by atoms with van der Waals surface area (Å²) in [4.78, 5) is 34.9. The molecule has 2 aromatic heterocycles. The molecule has 0 bridgehead atoms. The highest BCUT2D eigenvalue weighted by atomic mass is 32.2. The van der Waals surface area contributed by atoms with E-state index in [9.17, 15) is 14.0 Å². The second-order valence-electron chi connectivity index (χ2n) is 8.19. The lowest BCUT2D eigenvalue weighted by molar-refractivity contribution is -0.134. The van der Waals surface area contributed by atoms with Crippen molar-refractivity contribution >= 4 is 39.2 Å². The number of amides is 1. The number of carbonyl (C=O) groups is 1. The molecular formula is C23H26FN3O2S2. The van der Waals surface area contributed by atoms with Crippen molar-refractivity contribution in [2.45, 2.75) is 64.2 Å². The predicted octanol–water partition coefficient (Wildman–Crippen LogP) is 5.08. The van der Waals surface area contributed by atoms with Gasteiger partial charge in [-0.15, -0.1) is 11.3 Å². The normalized spacial score (nSPS) is 19.2. The number of hydrogen-bond donors (Lipinski definition) is 0. The maximum Gasteiger partial charge on any atom is 0.267 e. The molecule has 4 rings (SSSR count). The van der Waals surface area contributed by atoms with Crippen LogP contribution in [0.4, 0.5) is 4.39 Å². The molecule has 1 aromatic carbocycles. The number of thiophene rings is 1. The molecule has 1 aliphatic heterocycles. The van der Waals surface area contributed by atoms with Crippen molar-refractivity contribution in [3.8, 4) is 5.69 Å². The molecule has 31 heavy (non-hydrogen) atoms. The number of aromatic nitrogens is 2. The van der Waals surface area contributed by atoms with Gasteiger partial charge in [0, 0.05) is 17.0 Å². The Morgan fingerprint density at radius 1 is 1.19 bits per heavy atom. The first-order valence-corrected chi connectivity index (χ1v) is 12.3. The number of likely N-dealkylation sites (tertiary alicyclic amines) is 1. The van der Waals surface area contributed by atoms with Gasteiger partial charge in [-0.25, -0.2) is 9.37 Å². The third-order valence-corrected chi connectivity index (χ3v) is 8.09.